The van der Waals surface area contributed by atoms with Crippen molar-refractivity contribution >= 4 is 22.5 Å². The standard InChI is InChI=1S/C18H15FN2O2/c19-14-10-13-2-1-8-20-17(13)16(11-14)18(23)21-15-5-3-12(4-6-15)7-9-22/h1-6,8,10-11,22H,7,9H2,(H,21,23). The van der Waals surface area contributed by atoms with E-state index in [9.17, 15) is 9.18 Å². The molecule has 3 aromatic rings. The molecule has 0 radical (unpaired) electrons. The highest BCUT2D eigenvalue weighted by Gasteiger charge is 2.13. The number of anilines is 1. The number of carbonyl (C=O) groups is 1. The van der Waals surface area contributed by atoms with Gasteiger partial charge in [-0.15, -0.1) is 0 Å². The van der Waals surface area contributed by atoms with E-state index >= 15 is 0 Å². The van der Waals surface area contributed by atoms with Gasteiger partial charge in [0, 0.05) is 23.9 Å². The zero-order chi connectivity index (χ0) is 16.2. The lowest BCUT2D eigenvalue weighted by Gasteiger charge is -2.08. The van der Waals surface area contributed by atoms with Crippen molar-refractivity contribution in [3.63, 3.8) is 0 Å². The topological polar surface area (TPSA) is 62.2 Å². The molecule has 0 bridgehead atoms. The van der Waals surface area contributed by atoms with Gasteiger partial charge in [-0.3, -0.25) is 9.78 Å². The lowest BCUT2D eigenvalue weighted by Crippen LogP contribution is -2.13. The zero-order valence-corrected chi connectivity index (χ0v) is 12.3. The summed E-state index contributed by atoms with van der Waals surface area (Å²) in [4.78, 5) is 16.6. The van der Waals surface area contributed by atoms with Crippen LogP contribution in [0.2, 0.25) is 0 Å². The molecule has 23 heavy (non-hydrogen) atoms. The first-order valence-electron chi connectivity index (χ1n) is 7.23. The first-order valence-corrected chi connectivity index (χ1v) is 7.23. The number of rotatable bonds is 4. The summed E-state index contributed by atoms with van der Waals surface area (Å²) in [6, 6.07) is 13.1. The Morgan fingerprint density at radius 2 is 1.96 bits per heavy atom. The summed E-state index contributed by atoms with van der Waals surface area (Å²) in [6.07, 6.45) is 2.13. The maximum atomic E-state index is 13.7. The van der Waals surface area contributed by atoms with Gasteiger partial charge in [-0.2, -0.15) is 0 Å². The SMILES string of the molecule is O=C(Nc1ccc(CCO)cc1)c1cc(F)cc2cccnc12. The number of hydrogen-bond donors (Lipinski definition) is 2. The van der Waals surface area contributed by atoms with E-state index in [2.05, 4.69) is 10.3 Å². The summed E-state index contributed by atoms with van der Waals surface area (Å²) in [6.45, 7) is 0.0760. The molecule has 0 aliphatic carbocycles. The van der Waals surface area contributed by atoms with Crippen molar-refractivity contribution in [2.75, 3.05) is 11.9 Å². The van der Waals surface area contributed by atoms with Crippen molar-refractivity contribution in [3.05, 3.63) is 71.7 Å². The average Bonchev–Trinajstić information content (AvgIpc) is 2.56. The molecule has 0 aliphatic heterocycles. The number of hydrogen-bond acceptors (Lipinski definition) is 3. The number of halogens is 1. The molecule has 2 N–H and O–H groups in total. The molecule has 3 rings (SSSR count). The van der Waals surface area contributed by atoms with Gasteiger partial charge < -0.3 is 10.4 Å². The minimum atomic E-state index is -0.478. The molecule has 4 nitrogen and oxygen atoms in total. The highest BCUT2D eigenvalue weighted by molar-refractivity contribution is 6.11. The number of nitrogens with one attached hydrogen (secondary N) is 1. The summed E-state index contributed by atoms with van der Waals surface area (Å²) in [5.41, 5.74) is 2.23. The van der Waals surface area contributed by atoms with Crippen LogP contribution < -0.4 is 5.32 Å². The van der Waals surface area contributed by atoms with Crippen LogP contribution in [0, 0.1) is 5.82 Å². The molecule has 1 aromatic heterocycles. The second kappa shape index (κ2) is 6.54. The number of fused-ring (bicyclic) bond motifs is 1. The molecular weight excluding hydrogens is 295 g/mol. The Balaban J connectivity index is 1.88. The van der Waals surface area contributed by atoms with Crippen molar-refractivity contribution < 1.29 is 14.3 Å². The number of benzene rings is 2. The zero-order valence-electron chi connectivity index (χ0n) is 12.3. The Hall–Kier alpha value is -2.79. The molecule has 2 aromatic carbocycles. The molecule has 0 spiro atoms. The fraction of sp³-hybridized carbons (Fsp3) is 0.111. The van der Waals surface area contributed by atoms with E-state index in [-0.39, 0.29) is 12.2 Å². The van der Waals surface area contributed by atoms with E-state index in [0.29, 0.717) is 23.0 Å². The fourth-order valence-electron chi connectivity index (χ4n) is 2.41. The number of nitrogens with zero attached hydrogens (tertiary/aromatic N) is 1. The first kappa shape index (κ1) is 15.1. The van der Waals surface area contributed by atoms with Crippen LogP contribution in [0.15, 0.2) is 54.7 Å². The molecule has 116 valence electrons. The Bertz CT molecular complexity index is 847. The number of carbonyl (C=O) groups excluding carboxylic acids is 1. The molecule has 5 heteroatoms. The van der Waals surface area contributed by atoms with Gasteiger partial charge in [0.1, 0.15) is 5.82 Å². The van der Waals surface area contributed by atoms with E-state index in [0.717, 1.165) is 5.56 Å². The Morgan fingerprint density at radius 3 is 2.70 bits per heavy atom. The summed E-state index contributed by atoms with van der Waals surface area (Å²) >= 11 is 0. The molecule has 0 saturated heterocycles. The molecular formula is C18H15FN2O2. The normalized spacial score (nSPS) is 10.7. The first-order chi connectivity index (χ1) is 11.2. The third-order valence-corrected chi connectivity index (χ3v) is 3.53. The lowest BCUT2D eigenvalue weighted by atomic mass is 10.1. The average molecular weight is 310 g/mol. The predicted molar refractivity (Wildman–Crippen MR) is 86.9 cm³/mol. The highest BCUT2D eigenvalue weighted by Crippen LogP contribution is 2.20. The van der Waals surface area contributed by atoms with Crippen LogP contribution in [-0.2, 0) is 6.42 Å². The van der Waals surface area contributed by atoms with Gasteiger partial charge in [0.05, 0.1) is 11.1 Å². The van der Waals surface area contributed by atoms with Gasteiger partial charge in [-0.1, -0.05) is 18.2 Å². The summed E-state index contributed by atoms with van der Waals surface area (Å²) in [7, 11) is 0. The summed E-state index contributed by atoms with van der Waals surface area (Å²) in [5, 5.41) is 12.2. The van der Waals surface area contributed by atoms with E-state index in [1.54, 1.807) is 30.5 Å². The van der Waals surface area contributed by atoms with Gasteiger partial charge in [0.15, 0.2) is 0 Å². The van der Waals surface area contributed by atoms with Crippen LogP contribution in [0.1, 0.15) is 15.9 Å². The fourth-order valence-corrected chi connectivity index (χ4v) is 2.41. The van der Waals surface area contributed by atoms with Crippen LogP contribution in [0.4, 0.5) is 10.1 Å². The Labute approximate surface area is 132 Å². The molecule has 0 saturated carbocycles. The number of aliphatic hydroxyl groups excluding tert-OH is 1. The third kappa shape index (κ3) is 3.35. The van der Waals surface area contributed by atoms with Crippen molar-refractivity contribution in [3.8, 4) is 0 Å². The van der Waals surface area contributed by atoms with Crippen LogP contribution in [0.3, 0.4) is 0 Å². The van der Waals surface area contributed by atoms with Gasteiger partial charge in [0.2, 0.25) is 0 Å². The van der Waals surface area contributed by atoms with Crippen molar-refractivity contribution in [2.45, 2.75) is 6.42 Å². The van der Waals surface area contributed by atoms with Crippen LogP contribution in [0.5, 0.6) is 0 Å². The lowest BCUT2D eigenvalue weighted by molar-refractivity contribution is 0.102. The second-order valence-corrected chi connectivity index (χ2v) is 5.15. The van der Waals surface area contributed by atoms with Gasteiger partial charge in [-0.05, 0) is 42.3 Å². The highest BCUT2D eigenvalue weighted by atomic mass is 19.1. The second-order valence-electron chi connectivity index (χ2n) is 5.15. The molecule has 0 unspecified atom stereocenters. The van der Waals surface area contributed by atoms with E-state index in [4.69, 9.17) is 5.11 Å². The largest absolute Gasteiger partial charge is 0.396 e. The molecule has 1 amide bonds. The number of amides is 1. The number of aromatic nitrogens is 1. The van der Waals surface area contributed by atoms with Crippen LogP contribution >= 0.6 is 0 Å². The number of aliphatic hydroxyl groups is 1. The van der Waals surface area contributed by atoms with Crippen molar-refractivity contribution in [1.82, 2.24) is 4.98 Å². The molecule has 0 atom stereocenters. The summed E-state index contributed by atoms with van der Waals surface area (Å²) < 4.78 is 13.7. The monoisotopic (exact) mass is 310 g/mol. The smallest absolute Gasteiger partial charge is 0.257 e. The van der Waals surface area contributed by atoms with Crippen LogP contribution in [0.25, 0.3) is 10.9 Å². The van der Waals surface area contributed by atoms with Gasteiger partial charge in [-0.25, -0.2) is 4.39 Å². The van der Waals surface area contributed by atoms with Gasteiger partial charge >= 0.3 is 0 Å². The van der Waals surface area contributed by atoms with Gasteiger partial charge in [0.25, 0.3) is 5.91 Å². The van der Waals surface area contributed by atoms with E-state index < -0.39 is 11.7 Å². The van der Waals surface area contributed by atoms with E-state index in [1.807, 2.05) is 12.1 Å². The minimum absolute atomic E-state index is 0.0760. The molecule has 0 fully saturated rings. The van der Waals surface area contributed by atoms with Crippen molar-refractivity contribution in [1.29, 1.82) is 0 Å². The van der Waals surface area contributed by atoms with Crippen LogP contribution in [-0.4, -0.2) is 22.6 Å². The summed E-state index contributed by atoms with van der Waals surface area (Å²) in [5.74, 6) is -0.892. The minimum Gasteiger partial charge on any atom is -0.396 e. The Kier molecular flexibility index (Phi) is 4.30. The quantitative estimate of drug-likeness (QED) is 0.778. The maximum absolute atomic E-state index is 13.7. The molecule has 0 aliphatic rings. The van der Waals surface area contributed by atoms with E-state index in [1.165, 1.54) is 12.1 Å². The maximum Gasteiger partial charge on any atom is 0.257 e. The Morgan fingerprint density at radius 1 is 1.17 bits per heavy atom. The van der Waals surface area contributed by atoms with Crippen molar-refractivity contribution in [2.24, 2.45) is 0 Å². The third-order valence-electron chi connectivity index (χ3n) is 3.53. The number of pyridine rings is 1. The predicted octanol–water partition coefficient (Wildman–Crippen LogP) is 3.16. The molecule has 1 heterocycles.